The number of nitriles is 1. The van der Waals surface area contributed by atoms with Gasteiger partial charge in [-0.15, -0.1) is 0 Å². The summed E-state index contributed by atoms with van der Waals surface area (Å²) < 4.78 is 0.893. The molecule has 0 aromatic heterocycles. The average molecular weight is 375 g/mol. The molecule has 1 amide bonds. The van der Waals surface area contributed by atoms with Gasteiger partial charge in [0.05, 0.1) is 18.1 Å². The molecule has 1 aromatic carbocycles. The van der Waals surface area contributed by atoms with Crippen LogP contribution < -0.4 is 0 Å². The van der Waals surface area contributed by atoms with E-state index in [1.165, 1.54) is 0 Å². The SMILES string of the molecule is N#CCCN(C(=O)c1cc(Cl)ccc1I)C1CC1. The van der Waals surface area contributed by atoms with Crippen LogP contribution in [0.5, 0.6) is 0 Å². The van der Waals surface area contributed by atoms with Crippen molar-refractivity contribution in [1.82, 2.24) is 4.90 Å². The second-order valence-electron chi connectivity index (χ2n) is 4.26. The molecule has 18 heavy (non-hydrogen) atoms. The highest BCUT2D eigenvalue weighted by molar-refractivity contribution is 14.1. The molecule has 0 unspecified atom stereocenters. The predicted molar refractivity (Wildman–Crippen MR) is 78.5 cm³/mol. The van der Waals surface area contributed by atoms with E-state index in [9.17, 15) is 4.79 Å². The number of benzene rings is 1. The molecule has 0 saturated heterocycles. The smallest absolute Gasteiger partial charge is 0.255 e. The Kier molecular flexibility index (Phi) is 4.46. The van der Waals surface area contributed by atoms with Gasteiger partial charge in [0, 0.05) is 21.2 Å². The van der Waals surface area contributed by atoms with Crippen LogP contribution in [0.25, 0.3) is 0 Å². The van der Waals surface area contributed by atoms with Crippen LogP contribution in [0.4, 0.5) is 0 Å². The molecule has 0 radical (unpaired) electrons. The minimum absolute atomic E-state index is 0.0142. The van der Waals surface area contributed by atoms with Crippen molar-refractivity contribution in [2.45, 2.75) is 25.3 Å². The highest BCUT2D eigenvalue weighted by Gasteiger charge is 2.33. The van der Waals surface area contributed by atoms with Gasteiger partial charge in [0.25, 0.3) is 5.91 Å². The molecule has 3 nitrogen and oxygen atoms in total. The van der Waals surface area contributed by atoms with Crippen molar-refractivity contribution in [1.29, 1.82) is 5.26 Å². The quantitative estimate of drug-likeness (QED) is 0.758. The molecule has 0 bridgehead atoms. The first-order chi connectivity index (χ1) is 8.63. The van der Waals surface area contributed by atoms with Crippen LogP contribution in [0, 0.1) is 14.9 Å². The number of halogens is 2. The molecule has 2 rings (SSSR count). The second kappa shape index (κ2) is 5.89. The largest absolute Gasteiger partial charge is 0.335 e. The lowest BCUT2D eigenvalue weighted by Crippen LogP contribution is -2.34. The van der Waals surface area contributed by atoms with Gasteiger partial charge in [-0.05, 0) is 53.6 Å². The fourth-order valence-electron chi connectivity index (χ4n) is 1.82. The monoisotopic (exact) mass is 374 g/mol. The lowest BCUT2D eigenvalue weighted by Gasteiger charge is -2.22. The molecule has 1 saturated carbocycles. The van der Waals surface area contributed by atoms with Crippen molar-refractivity contribution in [2.75, 3.05) is 6.54 Å². The van der Waals surface area contributed by atoms with E-state index in [0.29, 0.717) is 29.6 Å². The number of rotatable bonds is 4. The molecule has 5 heteroatoms. The van der Waals surface area contributed by atoms with E-state index >= 15 is 0 Å². The number of nitrogens with zero attached hydrogens (tertiary/aromatic N) is 2. The molecule has 0 atom stereocenters. The van der Waals surface area contributed by atoms with Gasteiger partial charge in [-0.1, -0.05) is 11.6 Å². The minimum atomic E-state index is -0.0142. The molecule has 1 aromatic rings. The summed E-state index contributed by atoms with van der Waals surface area (Å²) in [7, 11) is 0. The Morgan fingerprint density at radius 2 is 2.28 bits per heavy atom. The van der Waals surface area contributed by atoms with Gasteiger partial charge in [-0.2, -0.15) is 5.26 Å². The van der Waals surface area contributed by atoms with Crippen LogP contribution in [-0.2, 0) is 0 Å². The molecule has 0 spiro atoms. The number of hydrogen-bond donors (Lipinski definition) is 0. The first-order valence-electron chi connectivity index (χ1n) is 5.76. The van der Waals surface area contributed by atoms with Crippen molar-refractivity contribution in [3.8, 4) is 6.07 Å². The summed E-state index contributed by atoms with van der Waals surface area (Å²) >= 11 is 8.07. The third-order valence-electron chi connectivity index (χ3n) is 2.87. The first-order valence-corrected chi connectivity index (χ1v) is 7.22. The molecular weight excluding hydrogens is 363 g/mol. The van der Waals surface area contributed by atoms with Crippen LogP contribution in [0.1, 0.15) is 29.6 Å². The normalized spacial score (nSPS) is 14.1. The van der Waals surface area contributed by atoms with E-state index in [1.807, 2.05) is 6.07 Å². The summed E-state index contributed by atoms with van der Waals surface area (Å²) in [5.41, 5.74) is 0.632. The second-order valence-corrected chi connectivity index (χ2v) is 5.86. The Morgan fingerprint density at radius 1 is 1.56 bits per heavy atom. The fourth-order valence-corrected chi connectivity index (χ4v) is 2.56. The lowest BCUT2D eigenvalue weighted by molar-refractivity contribution is 0.0746. The van der Waals surface area contributed by atoms with Crippen molar-refractivity contribution < 1.29 is 4.79 Å². The highest BCUT2D eigenvalue weighted by atomic mass is 127. The lowest BCUT2D eigenvalue weighted by atomic mass is 10.2. The summed E-state index contributed by atoms with van der Waals surface area (Å²) in [6.07, 6.45) is 2.45. The zero-order valence-electron chi connectivity index (χ0n) is 9.70. The zero-order chi connectivity index (χ0) is 13.1. The van der Waals surface area contributed by atoms with E-state index in [1.54, 1.807) is 17.0 Å². The summed E-state index contributed by atoms with van der Waals surface area (Å²) in [5, 5.41) is 9.22. The zero-order valence-corrected chi connectivity index (χ0v) is 12.6. The van der Waals surface area contributed by atoms with Gasteiger partial charge in [0.1, 0.15) is 0 Å². The van der Waals surface area contributed by atoms with Gasteiger partial charge in [-0.25, -0.2) is 0 Å². The number of carbonyl (C=O) groups is 1. The predicted octanol–water partition coefficient (Wildman–Crippen LogP) is 3.46. The summed E-state index contributed by atoms with van der Waals surface area (Å²) in [5.74, 6) is -0.0142. The molecule has 1 aliphatic rings. The van der Waals surface area contributed by atoms with E-state index in [-0.39, 0.29) is 5.91 Å². The van der Waals surface area contributed by atoms with Crippen molar-refractivity contribution in [3.63, 3.8) is 0 Å². The molecule has 94 valence electrons. The first kappa shape index (κ1) is 13.6. The number of hydrogen-bond acceptors (Lipinski definition) is 2. The van der Waals surface area contributed by atoms with Crippen LogP contribution in [0.2, 0.25) is 5.02 Å². The van der Waals surface area contributed by atoms with Gasteiger partial charge in [0.2, 0.25) is 0 Å². The van der Waals surface area contributed by atoms with Crippen molar-refractivity contribution >= 4 is 40.1 Å². The van der Waals surface area contributed by atoms with Gasteiger partial charge < -0.3 is 4.90 Å². The minimum Gasteiger partial charge on any atom is -0.335 e. The molecular formula is C13H12ClIN2O. The fraction of sp³-hybridized carbons (Fsp3) is 0.385. The Balaban J connectivity index is 2.22. The maximum absolute atomic E-state index is 12.5. The molecule has 0 N–H and O–H groups in total. The molecule has 0 aliphatic heterocycles. The Hall–Kier alpha value is -0.800. The Bertz CT molecular complexity index is 508. The highest BCUT2D eigenvalue weighted by Crippen LogP contribution is 2.29. The van der Waals surface area contributed by atoms with Gasteiger partial charge in [-0.3, -0.25) is 4.79 Å². The summed E-state index contributed by atoms with van der Waals surface area (Å²) in [4.78, 5) is 14.3. The molecule has 1 fully saturated rings. The average Bonchev–Trinajstić information content (AvgIpc) is 3.17. The Morgan fingerprint density at radius 3 is 2.89 bits per heavy atom. The third-order valence-corrected chi connectivity index (χ3v) is 4.05. The maximum atomic E-state index is 12.5. The standard InChI is InChI=1S/C13H12ClIN2O/c14-9-2-5-12(15)11(8-9)13(18)17(7-1-6-16)10-3-4-10/h2,5,8,10H,1,3-4,7H2. The maximum Gasteiger partial charge on any atom is 0.255 e. The van der Waals surface area contributed by atoms with E-state index in [4.69, 9.17) is 16.9 Å². The summed E-state index contributed by atoms with van der Waals surface area (Å²) in [6, 6.07) is 7.71. The van der Waals surface area contributed by atoms with Crippen LogP contribution in [0.15, 0.2) is 18.2 Å². The summed E-state index contributed by atoms with van der Waals surface area (Å²) in [6.45, 7) is 0.503. The van der Waals surface area contributed by atoms with E-state index < -0.39 is 0 Å². The van der Waals surface area contributed by atoms with E-state index in [2.05, 4.69) is 28.7 Å². The van der Waals surface area contributed by atoms with Gasteiger partial charge in [0.15, 0.2) is 0 Å². The van der Waals surface area contributed by atoms with Crippen LogP contribution in [-0.4, -0.2) is 23.4 Å². The molecule has 0 heterocycles. The third kappa shape index (κ3) is 3.15. The van der Waals surface area contributed by atoms with E-state index in [0.717, 1.165) is 16.4 Å². The van der Waals surface area contributed by atoms with Crippen LogP contribution in [0.3, 0.4) is 0 Å². The Labute approximate surface area is 125 Å². The van der Waals surface area contributed by atoms with Crippen LogP contribution >= 0.6 is 34.2 Å². The van der Waals surface area contributed by atoms with Gasteiger partial charge >= 0.3 is 0 Å². The van der Waals surface area contributed by atoms with Crippen molar-refractivity contribution in [2.24, 2.45) is 0 Å². The van der Waals surface area contributed by atoms with Crippen molar-refractivity contribution in [3.05, 3.63) is 32.4 Å². The number of carbonyl (C=O) groups excluding carboxylic acids is 1. The topological polar surface area (TPSA) is 44.1 Å². The molecule has 1 aliphatic carbocycles. The number of amides is 1.